The molecule has 5 heteroatoms. The third kappa shape index (κ3) is 3.98. The van der Waals surface area contributed by atoms with Crippen LogP contribution in [0.3, 0.4) is 0 Å². The normalized spacial score (nSPS) is 10.7. The lowest BCUT2D eigenvalue weighted by molar-refractivity contribution is 0.0946. The SMILES string of the molecule is Cc1ccc(Oc2ccc(C(=O)NCc3ccc4[nH]ccc4c3)nc2)cc1. The van der Waals surface area contributed by atoms with Gasteiger partial charge in [-0.05, 0) is 60.3 Å². The number of carbonyl (C=O) groups is 1. The van der Waals surface area contributed by atoms with E-state index in [1.54, 1.807) is 18.3 Å². The van der Waals surface area contributed by atoms with Gasteiger partial charge in [-0.1, -0.05) is 23.8 Å². The fourth-order valence-corrected chi connectivity index (χ4v) is 2.80. The zero-order chi connectivity index (χ0) is 18.6. The summed E-state index contributed by atoms with van der Waals surface area (Å²) in [6.45, 7) is 2.47. The Balaban J connectivity index is 1.37. The zero-order valence-electron chi connectivity index (χ0n) is 14.9. The van der Waals surface area contributed by atoms with Crippen LogP contribution < -0.4 is 10.1 Å². The van der Waals surface area contributed by atoms with Gasteiger partial charge in [-0.3, -0.25) is 4.79 Å². The first kappa shape index (κ1) is 16.8. The second-order valence-corrected chi connectivity index (χ2v) is 6.38. The molecule has 0 saturated heterocycles. The number of aryl methyl sites for hydroxylation is 1. The molecule has 134 valence electrons. The molecule has 4 aromatic rings. The maximum atomic E-state index is 12.3. The molecule has 1 amide bonds. The predicted molar refractivity (Wildman–Crippen MR) is 105 cm³/mol. The summed E-state index contributed by atoms with van der Waals surface area (Å²) in [7, 11) is 0. The van der Waals surface area contributed by atoms with Gasteiger partial charge in [-0.25, -0.2) is 4.98 Å². The van der Waals surface area contributed by atoms with Crippen LogP contribution in [0, 0.1) is 6.92 Å². The number of carbonyl (C=O) groups excluding carboxylic acids is 1. The molecule has 2 aromatic heterocycles. The van der Waals surface area contributed by atoms with Crippen molar-refractivity contribution in [2.45, 2.75) is 13.5 Å². The third-order valence-electron chi connectivity index (χ3n) is 4.30. The van der Waals surface area contributed by atoms with Crippen molar-refractivity contribution >= 4 is 16.8 Å². The Bertz CT molecular complexity index is 1070. The van der Waals surface area contributed by atoms with E-state index < -0.39 is 0 Å². The molecule has 2 aromatic carbocycles. The van der Waals surface area contributed by atoms with E-state index >= 15 is 0 Å². The van der Waals surface area contributed by atoms with Crippen LogP contribution in [0.15, 0.2) is 73.1 Å². The van der Waals surface area contributed by atoms with Crippen molar-refractivity contribution in [3.63, 3.8) is 0 Å². The molecule has 0 spiro atoms. The van der Waals surface area contributed by atoms with Crippen LogP contribution >= 0.6 is 0 Å². The number of rotatable bonds is 5. The third-order valence-corrected chi connectivity index (χ3v) is 4.30. The maximum Gasteiger partial charge on any atom is 0.270 e. The number of benzene rings is 2. The van der Waals surface area contributed by atoms with Gasteiger partial charge >= 0.3 is 0 Å². The lowest BCUT2D eigenvalue weighted by Gasteiger charge is -2.08. The Kier molecular flexibility index (Phi) is 4.58. The molecule has 0 bridgehead atoms. The number of fused-ring (bicyclic) bond motifs is 1. The molecule has 0 saturated carbocycles. The van der Waals surface area contributed by atoms with Crippen molar-refractivity contribution in [3.8, 4) is 11.5 Å². The molecule has 27 heavy (non-hydrogen) atoms. The summed E-state index contributed by atoms with van der Waals surface area (Å²) in [5.74, 6) is 1.11. The van der Waals surface area contributed by atoms with E-state index in [0.29, 0.717) is 18.0 Å². The number of aromatic nitrogens is 2. The highest BCUT2D eigenvalue weighted by molar-refractivity contribution is 5.92. The number of nitrogens with one attached hydrogen (secondary N) is 2. The van der Waals surface area contributed by atoms with E-state index in [2.05, 4.69) is 21.4 Å². The minimum atomic E-state index is -0.217. The Morgan fingerprint density at radius 1 is 1.04 bits per heavy atom. The van der Waals surface area contributed by atoms with Crippen molar-refractivity contribution in [2.75, 3.05) is 0 Å². The van der Waals surface area contributed by atoms with E-state index in [9.17, 15) is 4.79 Å². The fraction of sp³-hybridized carbons (Fsp3) is 0.0909. The summed E-state index contributed by atoms with van der Waals surface area (Å²) >= 11 is 0. The summed E-state index contributed by atoms with van der Waals surface area (Å²) in [4.78, 5) is 19.7. The van der Waals surface area contributed by atoms with Gasteiger partial charge in [-0.15, -0.1) is 0 Å². The molecule has 0 fully saturated rings. The van der Waals surface area contributed by atoms with Crippen molar-refractivity contribution in [1.82, 2.24) is 15.3 Å². The molecule has 2 N–H and O–H groups in total. The summed E-state index contributed by atoms with van der Waals surface area (Å²) in [5.41, 5.74) is 3.64. The first-order valence-electron chi connectivity index (χ1n) is 8.72. The van der Waals surface area contributed by atoms with Gasteiger partial charge in [0.25, 0.3) is 5.91 Å². The number of nitrogens with zero attached hydrogens (tertiary/aromatic N) is 1. The molecular weight excluding hydrogens is 338 g/mol. The molecule has 0 aliphatic rings. The topological polar surface area (TPSA) is 67.0 Å². The van der Waals surface area contributed by atoms with Gasteiger partial charge < -0.3 is 15.0 Å². The predicted octanol–water partition coefficient (Wildman–Crippen LogP) is 4.59. The average molecular weight is 357 g/mol. The molecule has 0 unspecified atom stereocenters. The van der Waals surface area contributed by atoms with Crippen LogP contribution in [0.4, 0.5) is 0 Å². The summed E-state index contributed by atoms with van der Waals surface area (Å²) < 4.78 is 5.73. The van der Waals surface area contributed by atoms with Crippen LogP contribution in [0.5, 0.6) is 11.5 Å². The Morgan fingerprint density at radius 3 is 2.63 bits per heavy atom. The highest BCUT2D eigenvalue weighted by Crippen LogP contribution is 2.21. The molecule has 0 radical (unpaired) electrons. The lowest BCUT2D eigenvalue weighted by Crippen LogP contribution is -2.23. The van der Waals surface area contributed by atoms with Gasteiger partial charge in [0.15, 0.2) is 0 Å². The number of hydrogen-bond donors (Lipinski definition) is 2. The Hall–Kier alpha value is -3.60. The summed E-state index contributed by atoms with van der Waals surface area (Å²) in [5, 5.41) is 4.02. The first-order chi connectivity index (χ1) is 13.2. The highest BCUT2D eigenvalue weighted by atomic mass is 16.5. The largest absolute Gasteiger partial charge is 0.456 e. The van der Waals surface area contributed by atoms with Gasteiger partial charge in [0, 0.05) is 18.3 Å². The first-order valence-corrected chi connectivity index (χ1v) is 8.72. The van der Waals surface area contributed by atoms with Crippen LogP contribution in [-0.2, 0) is 6.54 Å². The Labute approximate surface area is 157 Å². The minimum Gasteiger partial charge on any atom is -0.456 e. The number of H-pyrrole nitrogens is 1. The number of amides is 1. The van der Waals surface area contributed by atoms with Gasteiger partial charge in [0.2, 0.25) is 0 Å². The van der Waals surface area contributed by atoms with E-state index in [0.717, 1.165) is 22.2 Å². The summed E-state index contributed by atoms with van der Waals surface area (Å²) in [6.07, 6.45) is 3.46. The minimum absolute atomic E-state index is 0.217. The quantitative estimate of drug-likeness (QED) is 0.549. The Morgan fingerprint density at radius 2 is 1.85 bits per heavy atom. The van der Waals surface area contributed by atoms with E-state index in [4.69, 9.17) is 4.74 Å². The second-order valence-electron chi connectivity index (χ2n) is 6.38. The number of ether oxygens (including phenoxy) is 1. The van der Waals surface area contributed by atoms with Crippen LogP contribution in [-0.4, -0.2) is 15.9 Å². The van der Waals surface area contributed by atoms with E-state index in [-0.39, 0.29) is 5.91 Å². The number of aromatic amines is 1. The van der Waals surface area contributed by atoms with Crippen molar-refractivity contribution in [3.05, 3.63) is 89.9 Å². The smallest absolute Gasteiger partial charge is 0.270 e. The highest BCUT2D eigenvalue weighted by Gasteiger charge is 2.08. The number of pyridine rings is 1. The van der Waals surface area contributed by atoms with Crippen LogP contribution in [0.1, 0.15) is 21.6 Å². The van der Waals surface area contributed by atoms with Crippen molar-refractivity contribution < 1.29 is 9.53 Å². The summed E-state index contributed by atoms with van der Waals surface area (Å²) in [6, 6.07) is 19.2. The standard InChI is InChI=1S/C22H19N3O2/c1-15-2-5-18(6-3-15)27-19-7-9-21(24-14-19)22(26)25-13-16-4-8-20-17(12-16)10-11-23-20/h2-12,14,23H,13H2,1H3,(H,25,26). The van der Waals surface area contributed by atoms with E-state index in [1.165, 1.54) is 5.56 Å². The molecule has 0 atom stereocenters. The number of hydrogen-bond acceptors (Lipinski definition) is 3. The van der Waals surface area contributed by atoms with Crippen molar-refractivity contribution in [2.24, 2.45) is 0 Å². The molecule has 5 nitrogen and oxygen atoms in total. The molecule has 0 aliphatic carbocycles. The molecule has 2 heterocycles. The second kappa shape index (κ2) is 7.33. The van der Waals surface area contributed by atoms with Gasteiger partial charge in [-0.2, -0.15) is 0 Å². The lowest BCUT2D eigenvalue weighted by atomic mass is 10.1. The molecule has 0 aliphatic heterocycles. The van der Waals surface area contributed by atoms with Crippen LogP contribution in [0.2, 0.25) is 0 Å². The average Bonchev–Trinajstić information content (AvgIpc) is 3.16. The fourth-order valence-electron chi connectivity index (χ4n) is 2.80. The molecular formula is C22H19N3O2. The van der Waals surface area contributed by atoms with Gasteiger partial charge in [0.1, 0.15) is 17.2 Å². The monoisotopic (exact) mass is 357 g/mol. The van der Waals surface area contributed by atoms with E-state index in [1.807, 2.05) is 55.6 Å². The zero-order valence-corrected chi connectivity index (χ0v) is 14.9. The van der Waals surface area contributed by atoms with Crippen LogP contribution in [0.25, 0.3) is 10.9 Å². The maximum absolute atomic E-state index is 12.3. The molecule has 4 rings (SSSR count). The van der Waals surface area contributed by atoms with Gasteiger partial charge in [0.05, 0.1) is 6.20 Å². The van der Waals surface area contributed by atoms with Crippen molar-refractivity contribution in [1.29, 1.82) is 0 Å².